The second-order valence-electron chi connectivity index (χ2n) is 3.92. The van der Waals surface area contributed by atoms with E-state index in [4.69, 9.17) is 0 Å². The number of benzene rings is 1. The molecule has 5 nitrogen and oxygen atoms in total. The van der Waals surface area contributed by atoms with Gasteiger partial charge >= 0.3 is 0 Å². The molecule has 1 aromatic carbocycles. The maximum absolute atomic E-state index is 13.2. The van der Waals surface area contributed by atoms with Gasteiger partial charge in [-0.2, -0.15) is 5.10 Å². The van der Waals surface area contributed by atoms with E-state index in [9.17, 15) is 9.18 Å². The molecule has 0 fully saturated rings. The summed E-state index contributed by atoms with van der Waals surface area (Å²) in [7, 11) is 0. The van der Waals surface area contributed by atoms with Crippen LogP contribution in [0.1, 0.15) is 0 Å². The van der Waals surface area contributed by atoms with E-state index in [0.717, 1.165) is 0 Å². The number of hydrogen-bond donors (Lipinski definition) is 1. The van der Waals surface area contributed by atoms with Crippen molar-refractivity contribution in [1.82, 2.24) is 14.6 Å². The number of nitrogens with one attached hydrogen (secondary N) is 1. The molecule has 0 aliphatic heterocycles. The first-order valence-corrected chi connectivity index (χ1v) is 5.59. The molecule has 0 saturated carbocycles. The number of hydrogen-bond acceptors (Lipinski definition) is 3. The van der Waals surface area contributed by atoms with E-state index >= 15 is 0 Å². The second kappa shape index (κ2) is 4.49. The quantitative estimate of drug-likeness (QED) is 0.730. The number of aromatic nitrogens is 3. The Morgan fingerprint density at radius 3 is 2.95 bits per heavy atom. The molecule has 6 heteroatoms. The fourth-order valence-corrected chi connectivity index (χ4v) is 1.81. The van der Waals surface area contributed by atoms with Crippen LogP contribution in [-0.4, -0.2) is 21.0 Å². The number of nitrogens with zero attached hydrogens (tertiary/aromatic N) is 3. The molecule has 1 amide bonds. The molecule has 0 spiro atoms. The number of carbonyl (C=O) groups is 1. The summed E-state index contributed by atoms with van der Waals surface area (Å²) in [5.41, 5.74) is 1.91. The number of anilines is 1. The summed E-state index contributed by atoms with van der Waals surface area (Å²) >= 11 is 0. The van der Waals surface area contributed by atoms with Gasteiger partial charge in [0, 0.05) is 5.56 Å². The van der Waals surface area contributed by atoms with Gasteiger partial charge in [0.15, 0.2) is 11.5 Å². The van der Waals surface area contributed by atoms with Crippen LogP contribution >= 0.6 is 0 Å². The molecule has 0 atom stereocenters. The van der Waals surface area contributed by atoms with Crippen molar-refractivity contribution < 1.29 is 9.18 Å². The Bertz CT molecular complexity index is 753. The van der Waals surface area contributed by atoms with Gasteiger partial charge in [0.25, 0.3) is 0 Å². The normalized spacial score (nSPS) is 10.6. The fraction of sp³-hybridized carbons (Fsp3) is 0. The van der Waals surface area contributed by atoms with E-state index in [1.807, 2.05) is 0 Å². The van der Waals surface area contributed by atoms with Crippen molar-refractivity contribution in [2.45, 2.75) is 0 Å². The van der Waals surface area contributed by atoms with Crippen LogP contribution in [0.3, 0.4) is 0 Å². The second-order valence-corrected chi connectivity index (χ2v) is 3.92. The highest BCUT2D eigenvalue weighted by molar-refractivity contribution is 5.70. The molecule has 2 aromatic heterocycles. The third-order valence-electron chi connectivity index (χ3n) is 2.65. The first-order chi connectivity index (χ1) is 9.26. The molecule has 0 aliphatic carbocycles. The molecular weight excluding hydrogens is 247 g/mol. The van der Waals surface area contributed by atoms with Crippen LogP contribution < -0.4 is 5.32 Å². The van der Waals surface area contributed by atoms with E-state index in [1.165, 1.54) is 16.6 Å². The van der Waals surface area contributed by atoms with Crippen molar-refractivity contribution in [1.29, 1.82) is 0 Å². The first kappa shape index (κ1) is 11.3. The van der Waals surface area contributed by atoms with Crippen LogP contribution in [0.5, 0.6) is 0 Å². The summed E-state index contributed by atoms with van der Waals surface area (Å²) < 4.78 is 14.7. The minimum atomic E-state index is -0.312. The molecular formula is C13H9FN4O. The van der Waals surface area contributed by atoms with E-state index in [0.29, 0.717) is 29.1 Å². The van der Waals surface area contributed by atoms with E-state index < -0.39 is 0 Å². The van der Waals surface area contributed by atoms with Crippen LogP contribution in [0, 0.1) is 5.82 Å². The number of amides is 1. The lowest BCUT2D eigenvalue weighted by Gasteiger charge is -2.01. The molecule has 94 valence electrons. The molecule has 0 bridgehead atoms. The van der Waals surface area contributed by atoms with Gasteiger partial charge in [0.1, 0.15) is 5.82 Å². The predicted molar refractivity (Wildman–Crippen MR) is 68.1 cm³/mol. The minimum absolute atomic E-state index is 0.312. The molecule has 2 heterocycles. The van der Waals surface area contributed by atoms with Gasteiger partial charge in [-0.1, -0.05) is 12.1 Å². The van der Waals surface area contributed by atoms with Crippen LogP contribution in [0.4, 0.5) is 10.2 Å². The molecule has 0 radical (unpaired) electrons. The van der Waals surface area contributed by atoms with Crippen molar-refractivity contribution in [3.05, 3.63) is 48.4 Å². The van der Waals surface area contributed by atoms with E-state index in [2.05, 4.69) is 15.4 Å². The average molecular weight is 256 g/mol. The van der Waals surface area contributed by atoms with Crippen LogP contribution in [-0.2, 0) is 4.79 Å². The van der Waals surface area contributed by atoms with Gasteiger partial charge in [-0.15, -0.1) is 0 Å². The van der Waals surface area contributed by atoms with Crippen LogP contribution in [0.2, 0.25) is 0 Å². The van der Waals surface area contributed by atoms with Gasteiger partial charge in [-0.3, -0.25) is 4.79 Å². The zero-order valence-electron chi connectivity index (χ0n) is 9.75. The lowest BCUT2D eigenvalue weighted by atomic mass is 10.1. The van der Waals surface area contributed by atoms with Gasteiger partial charge in [0.2, 0.25) is 6.41 Å². The van der Waals surface area contributed by atoms with Crippen molar-refractivity contribution in [2.75, 3.05) is 5.32 Å². The molecule has 19 heavy (non-hydrogen) atoms. The summed E-state index contributed by atoms with van der Waals surface area (Å²) in [5.74, 6) is 0.104. The molecule has 1 N–H and O–H groups in total. The SMILES string of the molecule is O=CNc1cn2nc(-c3cccc(F)c3)ccc2n1. The third kappa shape index (κ3) is 2.15. The average Bonchev–Trinajstić information content (AvgIpc) is 2.80. The summed E-state index contributed by atoms with van der Waals surface area (Å²) in [6, 6.07) is 9.70. The Morgan fingerprint density at radius 1 is 1.26 bits per heavy atom. The zero-order chi connectivity index (χ0) is 13.2. The van der Waals surface area contributed by atoms with Crippen molar-refractivity contribution in [2.24, 2.45) is 0 Å². The smallest absolute Gasteiger partial charge is 0.212 e. The van der Waals surface area contributed by atoms with E-state index in [1.54, 1.807) is 30.5 Å². The first-order valence-electron chi connectivity index (χ1n) is 5.59. The molecule has 0 aliphatic rings. The Labute approximate surface area is 107 Å². The lowest BCUT2D eigenvalue weighted by molar-refractivity contribution is -0.105. The lowest BCUT2D eigenvalue weighted by Crippen LogP contribution is -1.93. The molecule has 3 aromatic rings. The predicted octanol–water partition coefficient (Wildman–Crippen LogP) is 2.10. The van der Waals surface area contributed by atoms with Gasteiger partial charge in [-0.05, 0) is 24.3 Å². The number of fused-ring (bicyclic) bond motifs is 1. The topological polar surface area (TPSA) is 59.3 Å². The van der Waals surface area contributed by atoms with Crippen molar-refractivity contribution in [3.63, 3.8) is 0 Å². The highest BCUT2D eigenvalue weighted by atomic mass is 19.1. The standard InChI is InChI=1S/C13H9FN4O/c14-10-3-1-2-9(6-10)11-4-5-13-16-12(15-8-19)7-18(13)17-11/h1-8H,(H,15,19). The number of imidazole rings is 1. The Kier molecular flexibility index (Phi) is 2.68. The van der Waals surface area contributed by atoms with Crippen molar-refractivity contribution >= 4 is 17.9 Å². The Hall–Kier alpha value is -2.76. The molecule has 0 saturated heterocycles. The minimum Gasteiger partial charge on any atom is -0.312 e. The van der Waals surface area contributed by atoms with Crippen LogP contribution in [0.15, 0.2) is 42.6 Å². The highest BCUT2D eigenvalue weighted by Gasteiger charge is 2.05. The number of halogens is 1. The Morgan fingerprint density at radius 2 is 2.16 bits per heavy atom. The third-order valence-corrected chi connectivity index (χ3v) is 2.65. The summed E-state index contributed by atoms with van der Waals surface area (Å²) in [6.45, 7) is 0. The number of carbonyl (C=O) groups excluding carboxylic acids is 1. The summed E-state index contributed by atoms with van der Waals surface area (Å²) in [6.07, 6.45) is 2.14. The van der Waals surface area contributed by atoms with Gasteiger partial charge in [-0.25, -0.2) is 13.9 Å². The van der Waals surface area contributed by atoms with Crippen LogP contribution in [0.25, 0.3) is 16.9 Å². The van der Waals surface area contributed by atoms with E-state index in [-0.39, 0.29) is 5.82 Å². The summed E-state index contributed by atoms with van der Waals surface area (Å²) in [5, 5.41) is 6.77. The summed E-state index contributed by atoms with van der Waals surface area (Å²) in [4.78, 5) is 14.5. The van der Waals surface area contributed by atoms with Gasteiger partial charge in [0.05, 0.1) is 11.9 Å². The maximum Gasteiger partial charge on any atom is 0.212 e. The zero-order valence-corrected chi connectivity index (χ0v) is 9.75. The number of rotatable bonds is 3. The Balaban J connectivity index is 2.08. The molecule has 0 unspecified atom stereocenters. The fourth-order valence-electron chi connectivity index (χ4n) is 1.81. The largest absolute Gasteiger partial charge is 0.312 e. The van der Waals surface area contributed by atoms with Gasteiger partial charge < -0.3 is 5.32 Å². The van der Waals surface area contributed by atoms with Crippen molar-refractivity contribution in [3.8, 4) is 11.3 Å². The monoisotopic (exact) mass is 256 g/mol. The molecule has 3 rings (SSSR count). The maximum atomic E-state index is 13.2. The highest BCUT2D eigenvalue weighted by Crippen LogP contribution is 2.18.